The third kappa shape index (κ3) is 2.42. The van der Waals surface area contributed by atoms with Gasteiger partial charge in [-0.3, -0.25) is 4.98 Å². The number of nitrogens with zero attached hydrogens (tertiary/aromatic N) is 1. The molecule has 0 aromatic carbocycles. The maximum absolute atomic E-state index is 5.70. The zero-order chi connectivity index (χ0) is 9.19. The van der Waals surface area contributed by atoms with E-state index in [1.165, 1.54) is 0 Å². The maximum atomic E-state index is 5.70. The third-order valence-corrected chi connectivity index (χ3v) is 1.36. The minimum Gasteiger partial charge on any atom is -0.396 e. The van der Waals surface area contributed by atoms with Crippen molar-refractivity contribution in [1.29, 1.82) is 0 Å². The molecule has 66 valence electrons. The van der Waals surface area contributed by atoms with Crippen LogP contribution in [0.15, 0.2) is 18.5 Å². The summed E-state index contributed by atoms with van der Waals surface area (Å²) in [5.74, 6) is 0. The Morgan fingerprint density at radius 1 is 1.42 bits per heavy atom. The van der Waals surface area contributed by atoms with Crippen LogP contribution in [0.2, 0.25) is 0 Å². The first-order valence-corrected chi connectivity index (χ1v) is 3.97. The van der Waals surface area contributed by atoms with E-state index in [0.29, 0.717) is 5.69 Å². The fourth-order valence-electron chi connectivity index (χ4n) is 0.925. The SMILES string of the molecule is CC(C)(C)Nc1ccncc1N. The second-order valence-electron chi connectivity index (χ2n) is 3.84. The molecule has 3 N–H and O–H groups in total. The number of pyridine rings is 1. The van der Waals surface area contributed by atoms with Crippen LogP contribution >= 0.6 is 0 Å². The number of nitrogens with one attached hydrogen (secondary N) is 1. The molecule has 0 aliphatic rings. The fourth-order valence-corrected chi connectivity index (χ4v) is 0.925. The quantitative estimate of drug-likeness (QED) is 0.668. The minimum atomic E-state index is 0.0372. The van der Waals surface area contributed by atoms with Gasteiger partial charge in [-0.25, -0.2) is 0 Å². The average molecular weight is 165 g/mol. The molecule has 0 atom stereocenters. The molecule has 12 heavy (non-hydrogen) atoms. The Bertz CT molecular complexity index is 263. The highest BCUT2D eigenvalue weighted by Gasteiger charge is 2.10. The number of aromatic nitrogens is 1. The van der Waals surface area contributed by atoms with Crippen molar-refractivity contribution in [2.75, 3.05) is 11.1 Å². The molecule has 1 heterocycles. The minimum absolute atomic E-state index is 0.0372. The van der Waals surface area contributed by atoms with Crippen molar-refractivity contribution >= 4 is 11.4 Å². The van der Waals surface area contributed by atoms with Crippen LogP contribution < -0.4 is 11.1 Å². The van der Waals surface area contributed by atoms with E-state index in [-0.39, 0.29) is 5.54 Å². The molecule has 1 aromatic rings. The highest BCUT2D eigenvalue weighted by molar-refractivity contribution is 5.64. The molecule has 0 spiro atoms. The summed E-state index contributed by atoms with van der Waals surface area (Å²) in [6.07, 6.45) is 3.37. The van der Waals surface area contributed by atoms with Crippen LogP contribution in [0.3, 0.4) is 0 Å². The van der Waals surface area contributed by atoms with Crippen molar-refractivity contribution in [3.63, 3.8) is 0 Å². The number of nitrogen functional groups attached to an aromatic ring is 1. The highest BCUT2D eigenvalue weighted by atomic mass is 15.0. The van der Waals surface area contributed by atoms with E-state index in [9.17, 15) is 0 Å². The molecule has 0 aliphatic heterocycles. The zero-order valence-electron chi connectivity index (χ0n) is 7.76. The van der Waals surface area contributed by atoms with Gasteiger partial charge in [-0.1, -0.05) is 0 Å². The van der Waals surface area contributed by atoms with Gasteiger partial charge in [-0.05, 0) is 26.8 Å². The van der Waals surface area contributed by atoms with E-state index in [1.807, 2.05) is 6.07 Å². The smallest absolute Gasteiger partial charge is 0.0736 e. The van der Waals surface area contributed by atoms with Gasteiger partial charge in [0.1, 0.15) is 0 Å². The van der Waals surface area contributed by atoms with E-state index in [1.54, 1.807) is 12.4 Å². The molecular formula is C9H15N3. The molecule has 0 aliphatic carbocycles. The molecule has 1 aromatic heterocycles. The van der Waals surface area contributed by atoms with E-state index in [0.717, 1.165) is 5.69 Å². The number of hydrogen-bond donors (Lipinski definition) is 2. The molecule has 0 unspecified atom stereocenters. The fraction of sp³-hybridized carbons (Fsp3) is 0.444. The summed E-state index contributed by atoms with van der Waals surface area (Å²) >= 11 is 0. The normalized spacial score (nSPS) is 11.2. The number of rotatable bonds is 1. The standard InChI is InChI=1S/C9H15N3/c1-9(2,3)12-8-4-5-11-6-7(8)10/h4-6H,10H2,1-3H3,(H,11,12). The Morgan fingerprint density at radius 3 is 2.58 bits per heavy atom. The van der Waals surface area contributed by atoms with Crippen molar-refractivity contribution in [1.82, 2.24) is 4.98 Å². The summed E-state index contributed by atoms with van der Waals surface area (Å²) in [6.45, 7) is 6.27. The van der Waals surface area contributed by atoms with Gasteiger partial charge in [-0.15, -0.1) is 0 Å². The lowest BCUT2D eigenvalue weighted by Gasteiger charge is -2.22. The molecule has 0 amide bonds. The number of nitrogens with two attached hydrogens (primary N) is 1. The van der Waals surface area contributed by atoms with Gasteiger partial charge >= 0.3 is 0 Å². The van der Waals surface area contributed by atoms with Crippen LogP contribution in [-0.4, -0.2) is 10.5 Å². The van der Waals surface area contributed by atoms with Gasteiger partial charge in [-0.2, -0.15) is 0 Å². The van der Waals surface area contributed by atoms with Crippen LogP contribution in [0.25, 0.3) is 0 Å². The van der Waals surface area contributed by atoms with Crippen molar-refractivity contribution in [3.8, 4) is 0 Å². The Labute approximate surface area is 73.0 Å². The summed E-state index contributed by atoms with van der Waals surface area (Å²) in [6, 6.07) is 1.88. The Morgan fingerprint density at radius 2 is 2.08 bits per heavy atom. The second kappa shape index (κ2) is 3.01. The van der Waals surface area contributed by atoms with Crippen LogP contribution in [0, 0.1) is 0 Å². The molecule has 0 fully saturated rings. The van der Waals surface area contributed by atoms with Gasteiger partial charge in [0.25, 0.3) is 0 Å². The van der Waals surface area contributed by atoms with Crippen LogP contribution in [-0.2, 0) is 0 Å². The summed E-state index contributed by atoms with van der Waals surface area (Å²) in [7, 11) is 0. The van der Waals surface area contributed by atoms with E-state index in [2.05, 4.69) is 31.1 Å². The Kier molecular flexibility index (Phi) is 2.22. The summed E-state index contributed by atoms with van der Waals surface area (Å²) < 4.78 is 0. The lowest BCUT2D eigenvalue weighted by Crippen LogP contribution is -2.26. The van der Waals surface area contributed by atoms with E-state index in [4.69, 9.17) is 5.73 Å². The first kappa shape index (κ1) is 8.84. The molecule has 0 saturated heterocycles. The lowest BCUT2D eigenvalue weighted by molar-refractivity contribution is 0.634. The number of anilines is 2. The predicted octanol–water partition coefficient (Wildman–Crippen LogP) is 1.87. The van der Waals surface area contributed by atoms with Gasteiger partial charge in [0.2, 0.25) is 0 Å². The molecule has 0 saturated carbocycles. The Hall–Kier alpha value is -1.25. The van der Waals surface area contributed by atoms with Crippen molar-refractivity contribution in [2.24, 2.45) is 0 Å². The summed E-state index contributed by atoms with van der Waals surface area (Å²) in [5, 5.41) is 3.28. The van der Waals surface area contributed by atoms with Gasteiger partial charge in [0.15, 0.2) is 0 Å². The monoisotopic (exact) mass is 165 g/mol. The average Bonchev–Trinajstić information content (AvgIpc) is 1.91. The summed E-state index contributed by atoms with van der Waals surface area (Å²) in [4.78, 5) is 3.91. The van der Waals surface area contributed by atoms with Crippen LogP contribution in [0.5, 0.6) is 0 Å². The van der Waals surface area contributed by atoms with E-state index >= 15 is 0 Å². The summed E-state index contributed by atoms with van der Waals surface area (Å²) in [5.41, 5.74) is 7.37. The topological polar surface area (TPSA) is 50.9 Å². The molecule has 3 nitrogen and oxygen atoms in total. The highest BCUT2D eigenvalue weighted by Crippen LogP contribution is 2.19. The predicted molar refractivity (Wildman–Crippen MR) is 52.0 cm³/mol. The number of hydrogen-bond acceptors (Lipinski definition) is 3. The largest absolute Gasteiger partial charge is 0.396 e. The molecule has 0 bridgehead atoms. The van der Waals surface area contributed by atoms with Crippen LogP contribution in [0.1, 0.15) is 20.8 Å². The first-order chi connectivity index (χ1) is 5.49. The van der Waals surface area contributed by atoms with Gasteiger partial charge in [0, 0.05) is 11.7 Å². The van der Waals surface area contributed by atoms with Crippen molar-refractivity contribution < 1.29 is 0 Å². The van der Waals surface area contributed by atoms with Gasteiger partial charge < -0.3 is 11.1 Å². The van der Waals surface area contributed by atoms with Gasteiger partial charge in [0.05, 0.1) is 17.6 Å². The Balaban J connectivity index is 2.83. The lowest BCUT2D eigenvalue weighted by atomic mass is 10.1. The maximum Gasteiger partial charge on any atom is 0.0736 e. The molecule has 0 radical (unpaired) electrons. The van der Waals surface area contributed by atoms with Crippen molar-refractivity contribution in [2.45, 2.75) is 26.3 Å². The van der Waals surface area contributed by atoms with E-state index < -0.39 is 0 Å². The van der Waals surface area contributed by atoms with Crippen LogP contribution in [0.4, 0.5) is 11.4 Å². The molecule has 1 rings (SSSR count). The second-order valence-corrected chi connectivity index (χ2v) is 3.84. The molecule has 3 heteroatoms. The molecular weight excluding hydrogens is 150 g/mol. The van der Waals surface area contributed by atoms with Crippen molar-refractivity contribution in [3.05, 3.63) is 18.5 Å². The first-order valence-electron chi connectivity index (χ1n) is 3.97. The third-order valence-electron chi connectivity index (χ3n) is 1.36. The zero-order valence-corrected chi connectivity index (χ0v) is 7.76.